The van der Waals surface area contributed by atoms with Crippen LogP contribution in [0.15, 0.2) is 60.7 Å². The van der Waals surface area contributed by atoms with Gasteiger partial charge in [-0.1, -0.05) is 93.7 Å². The molecule has 1 saturated carbocycles. The standard InChI is InChI=1S/C30H38/c1-3-5-6-8-26-11-15-28(16-12-26)18-20-30-23-21-29(22-24-30)19-17-27-13-9-25(7-4-2)10-14-27/h3,5,11-12,15-16,21-25,27H,4,6-10,13-14,17,19H2,1-2H3/b5-3+. The van der Waals surface area contributed by atoms with Crippen molar-refractivity contribution in [2.24, 2.45) is 11.8 Å². The summed E-state index contributed by atoms with van der Waals surface area (Å²) in [5.74, 6) is 8.59. The van der Waals surface area contributed by atoms with Gasteiger partial charge in [-0.15, -0.1) is 0 Å². The summed E-state index contributed by atoms with van der Waals surface area (Å²) in [4.78, 5) is 0. The van der Waals surface area contributed by atoms with Crippen LogP contribution in [0.25, 0.3) is 0 Å². The molecule has 0 atom stereocenters. The SMILES string of the molecule is C/C=C/CCc1ccc(C#Cc2ccc(CCC3CCC(CCC)CC3)cc2)cc1. The third kappa shape index (κ3) is 7.53. The van der Waals surface area contributed by atoms with Crippen LogP contribution in [0.5, 0.6) is 0 Å². The second-order valence-electron chi connectivity index (χ2n) is 8.97. The van der Waals surface area contributed by atoms with E-state index in [-0.39, 0.29) is 0 Å². The lowest BCUT2D eigenvalue weighted by Crippen LogP contribution is -2.15. The molecule has 0 aromatic heterocycles. The molecule has 0 saturated heterocycles. The molecule has 0 spiro atoms. The van der Waals surface area contributed by atoms with Crippen LogP contribution >= 0.6 is 0 Å². The number of allylic oxidation sites excluding steroid dienone is 2. The van der Waals surface area contributed by atoms with E-state index in [1.807, 2.05) is 0 Å². The molecule has 1 aliphatic carbocycles. The first kappa shape index (κ1) is 22.4. The fourth-order valence-corrected chi connectivity index (χ4v) is 4.66. The number of benzene rings is 2. The fraction of sp³-hybridized carbons (Fsp3) is 0.467. The first-order valence-corrected chi connectivity index (χ1v) is 12.1. The quantitative estimate of drug-likeness (QED) is 0.311. The van der Waals surface area contributed by atoms with Gasteiger partial charge in [0.05, 0.1) is 0 Å². The van der Waals surface area contributed by atoms with Gasteiger partial charge in [0.2, 0.25) is 0 Å². The lowest BCUT2D eigenvalue weighted by atomic mass is 9.78. The summed E-state index contributed by atoms with van der Waals surface area (Å²) in [6, 6.07) is 17.6. The topological polar surface area (TPSA) is 0 Å². The Labute approximate surface area is 184 Å². The van der Waals surface area contributed by atoms with Gasteiger partial charge in [0.25, 0.3) is 0 Å². The zero-order chi connectivity index (χ0) is 21.0. The summed E-state index contributed by atoms with van der Waals surface area (Å²) >= 11 is 0. The third-order valence-corrected chi connectivity index (χ3v) is 6.60. The van der Waals surface area contributed by atoms with E-state index in [9.17, 15) is 0 Å². The lowest BCUT2D eigenvalue weighted by molar-refractivity contribution is 0.252. The first-order chi connectivity index (χ1) is 14.8. The van der Waals surface area contributed by atoms with Crippen LogP contribution < -0.4 is 0 Å². The molecule has 0 aliphatic heterocycles. The van der Waals surface area contributed by atoms with Crippen molar-refractivity contribution in [1.82, 2.24) is 0 Å². The zero-order valence-corrected chi connectivity index (χ0v) is 19.0. The molecule has 1 fully saturated rings. The Kier molecular flexibility index (Phi) is 9.30. The Hall–Kier alpha value is -2.26. The minimum absolute atomic E-state index is 0.943. The highest BCUT2D eigenvalue weighted by molar-refractivity contribution is 5.44. The molecule has 0 unspecified atom stereocenters. The van der Waals surface area contributed by atoms with Crippen LogP contribution in [-0.4, -0.2) is 0 Å². The van der Waals surface area contributed by atoms with Crippen molar-refractivity contribution in [2.45, 2.75) is 78.1 Å². The molecule has 0 N–H and O–H groups in total. The van der Waals surface area contributed by atoms with E-state index in [0.717, 1.165) is 35.8 Å². The maximum atomic E-state index is 3.32. The van der Waals surface area contributed by atoms with Crippen LogP contribution in [0.4, 0.5) is 0 Å². The Morgan fingerprint density at radius 2 is 1.23 bits per heavy atom. The summed E-state index contributed by atoms with van der Waals surface area (Å²) in [5, 5.41) is 0. The van der Waals surface area contributed by atoms with Crippen LogP contribution in [0.3, 0.4) is 0 Å². The average molecular weight is 399 g/mol. The van der Waals surface area contributed by atoms with Crippen LogP contribution in [0, 0.1) is 23.7 Å². The van der Waals surface area contributed by atoms with Crippen LogP contribution in [-0.2, 0) is 12.8 Å². The van der Waals surface area contributed by atoms with E-state index in [2.05, 4.69) is 86.4 Å². The monoisotopic (exact) mass is 398 g/mol. The van der Waals surface area contributed by atoms with Crippen molar-refractivity contribution < 1.29 is 0 Å². The smallest absolute Gasteiger partial charge is 0.0249 e. The molecule has 0 bridgehead atoms. The third-order valence-electron chi connectivity index (χ3n) is 6.60. The van der Waals surface area contributed by atoms with Gasteiger partial charge in [0.15, 0.2) is 0 Å². The highest BCUT2D eigenvalue weighted by Gasteiger charge is 2.20. The lowest BCUT2D eigenvalue weighted by Gasteiger charge is -2.28. The molecule has 0 heteroatoms. The molecule has 3 rings (SSSR count). The largest absolute Gasteiger partial charge is 0.0917 e. The maximum Gasteiger partial charge on any atom is 0.0249 e. The van der Waals surface area contributed by atoms with Crippen molar-refractivity contribution >= 4 is 0 Å². The van der Waals surface area contributed by atoms with Gasteiger partial charge in [0.1, 0.15) is 0 Å². The zero-order valence-electron chi connectivity index (χ0n) is 19.0. The number of hydrogen-bond donors (Lipinski definition) is 0. The summed E-state index contributed by atoms with van der Waals surface area (Å²) in [6.07, 6.45) is 17.7. The highest BCUT2D eigenvalue weighted by Crippen LogP contribution is 2.33. The van der Waals surface area contributed by atoms with Crippen molar-refractivity contribution in [3.8, 4) is 11.8 Å². The Balaban J connectivity index is 1.45. The second kappa shape index (κ2) is 12.4. The van der Waals surface area contributed by atoms with Gasteiger partial charge >= 0.3 is 0 Å². The molecule has 158 valence electrons. The van der Waals surface area contributed by atoms with Crippen molar-refractivity contribution in [3.63, 3.8) is 0 Å². The first-order valence-electron chi connectivity index (χ1n) is 12.1. The summed E-state index contributed by atoms with van der Waals surface area (Å²) < 4.78 is 0. The predicted molar refractivity (Wildman–Crippen MR) is 131 cm³/mol. The fourth-order valence-electron chi connectivity index (χ4n) is 4.66. The molecule has 2 aromatic rings. The van der Waals surface area contributed by atoms with E-state index in [1.165, 1.54) is 62.5 Å². The Bertz CT molecular complexity index is 818. The average Bonchev–Trinajstić information content (AvgIpc) is 2.79. The van der Waals surface area contributed by atoms with E-state index in [4.69, 9.17) is 0 Å². The summed E-state index contributed by atoms with van der Waals surface area (Å²) in [6.45, 7) is 4.40. The summed E-state index contributed by atoms with van der Waals surface area (Å²) in [5.41, 5.74) is 5.03. The molecule has 0 nitrogen and oxygen atoms in total. The van der Waals surface area contributed by atoms with Gasteiger partial charge in [0, 0.05) is 11.1 Å². The number of rotatable bonds is 8. The second-order valence-corrected chi connectivity index (χ2v) is 8.97. The van der Waals surface area contributed by atoms with Gasteiger partial charge in [-0.25, -0.2) is 0 Å². The number of aryl methyl sites for hydroxylation is 2. The Morgan fingerprint density at radius 1 is 0.733 bits per heavy atom. The van der Waals surface area contributed by atoms with Crippen molar-refractivity contribution in [3.05, 3.63) is 82.9 Å². The molecule has 2 aromatic carbocycles. The van der Waals surface area contributed by atoms with Crippen molar-refractivity contribution in [1.29, 1.82) is 0 Å². The van der Waals surface area contributed by atoms with Gasteiger partial charge in [-0.2, -0.15) is 0 Å². The molecule has 0 heterocycles. The predicted octanol–water partition coefficient (Wildman–Crippen LogP) is 8.13. The van der Waals surface area contributed by atoms with Gasteiger partial charge in [-0.05, 0) is 79.8 Å². The van der Waals surface area contributed by atoms with E-state index in [0.29, 0.717) is 0 Å². The molecular weight excluding hydrogens is 360 g/mol. The minimum Gasteiger partial charge on any atom is -0.0917 e. The molecule has 30 heavy (non-hydrogen) atoms. The van der Waals surface area contributed by atoms with Crippen molar-refractivity contribution in [2.75, 3.05) is 0 Å². The minimum atomic E-state index is 0.943. The molecule has 0 amide bonds. The summed E-state index contributed by atoms with van der Waals surface area (Å²) in [7, 11) is 0. The van der Waals surface area contributed by atoms with Gasteiger partial charge in [-0.3, -0.25) is 0 Å². The molecular formula is C30H38. The molecule has 0 radical (unpaired) electrons. The van der Waals surface area contributed by atoms with Gasteiger partial charge < -0.3 is 0 Å². The van der Waals surface area contributed by atoms with E-state index < -0.39 is 0 Å². The van der Waals surface area contributed by atoms with E-state index >= 15 is 0 Å². The van der Waals surface area contributed by atoms with Crippen LogP contribution in [0.2, 0.25) is 0 Å². The van der Waals surface area contributed by atoms with E-state index in [1.54, 1.807) is 0 Å². The molecule has 1 aliphatic rings. The number of hydrogen-bond acceptors (Lipinski definition) is 0. The van der Waals surface area contributed by atoms with Crippen LogP contribution in [0.1, 0.15) is 87.5 Å². The normalized spacial score (nSPS) is 18.9. The maximum absolute atomic E-state index is 3.32. The Morgan fingerprint density at radius 3 is 1.73 bits per heavy atom. The highest BCUT2D eigenvalue weighted by atomic mass is 14.3.